The first-order valence-electron chi connectivity index (χ1n) is 4.58. The molecule has 0 rings (SSSR count). The predicted molar refractivity (Wildman–Crippen MR) is 45.4 cm³/mol. The van der Waals surface area contributed by atoms with E-state index in [1.54, 1.807) is 0 Å². The minimum absolute atomic E-state index is 0.104. The maximum atomic E-state index is 11.7. The number of rotatable bonds is 7. The lowest BCUT2D eigenvalue weighted by Gasteiger charge is -2.08. The molecular weight excluding hydrogens is 178 g/mol. The highest BCUT2D eigenvalue weighted by molar-refractivity contribution is 5.68. The quantitative estimate of drug-likeness (QED) is 0.582. The van der Waals surface area contributed by atoms with Crippen LogP contribution in [0.5, 0.6) is 0 Å². The second-order valence-electron chi connectivity index (χ2n) is 3.28. The summed E-state index contributed by atoms with van der Waals surface area (Å²) in [6, 6.07) is 0. The van der Waals surface area contributed by atoms with E-state index in [0.717, 1.165) is 12.8 Å². The molecule has 0 aromatic rings. The van der Waals surface area contributed by atoms with Gasteiger partial charge < -0.3 is 0 Å². The van der Waals surface area contributed by atoms with Gasteiger partial charge in [0.25, 0.3) is 0 Å². The summed E-state index contributed by atoms with van der Waals surface area (Å²) in [5, 5.41) is 0. The zero-order valence-electron chi connectivity index (χ0n) is 7.89. The van der Waals surface area contributed by atoms with Gasteiger partial charge in [0.05, 0.1) is 6.67 Å². The van der Waals surface area contributed by atoms with Crippen LogP contribution in [0.2, 0.25) is 0 Å². The molecule has 13 heavy (non-hydrogen) atoms. The molecule has 0 fully saturated rings. The number of hydrogen-bond acceptors (Lipinski definition) is 2. The second kappa shape index (κ2) is 7.95. The molecule has 0 aliphatic carbocycles. The smallest absolute Gasteiger partial charge is 0.255 e. The summed E-state index contributed by atoms with van der Waals surface area (Å²) in [4.78, 5) is 13.4. The summed E-state index contributed by atoms with van der Waals surface area (Å²) in [7, 11) is 0. The standard InChI is InChI=1S/C9H16F2O2/c1-8(4-2-3-7-10)5-6-9(12)13-11/h8H,2-7H2,1H3. The third kappa shape index (κ3) is 7.68. The second-order valence-corrected chi connectivity index (χ2v) is 3.28. The molecule has 0 aliphatic heterocycles. The van der Waals surface area contributed by atoms with Gasteiger partial charge in [-0.25, -0.2) is 4.79 Å². The van der Waals surface area contributed by atoms with Crippen LogP contribution in [0.1, 0.15) is 39.0 Å². The fourth-order valence-electron chi connectivity index (χ4n) is 1.13. The molecule has 2 nitrogen and oxygen atoms in total. The topological polar surface area (TPSA) is 26.3 Å². The zero-order chi connectivity index (χ0) is 10.1. The van der Waals surface area contributed by atoms with Crippen molar-refractivity contribution in [3.8, 4) is 0 Å². The molecule has 0 heterocycles. The summed E-state index contributed by atoms with van der Waals surface area (Å²) in [5.41, 5.74) is 0. The van der Waals surface area contributed by atoms with Crippen LogP contribution in [0.4, 0.5) is 8.92 Å². The van der Waals surface area contributed by atoms with Crippen molar-refractivity contribution < 1.29 is 18.7 Å². The van der Waals surface area contributed by atoms with Gasteiger partial charge in [-0.3, -0.25) is 9.33 Å². The summed E-state index contributed by atoms with van der Waals surface area (Å²) < 4.78 is 22.9. The van der Waals surface area contributed by atoms with Crippen molar-refractivity contribution in [2.45, 2.75) is 39.0 Å². The van der Waals surface area contributed by atoms with Crippen molar-refractivity contribution in [3.63, 3.8) is 0 Å². The molecule has 1 atom stereocenters. The van der Waals surface area contributed by atoms with Crippen LogP contribution in [-0.4, -0.2) is 12.6 Å². The molecule has 0 bridgehead atoms. The first kappa shape index (κ1) is 12.3. The first-order valence-corrected chi connectivity index (χ1v) is 4.58. The third-order valence-electron chi connectivity index (χ3n) is 2.01. The Bertz CT molecular complexity index is 140. The summed E-state index contributed by atoms with van der Waals surface area (Å²) in [5.74, 6) is -0.497. The molecule has 78 valence electrons. The van der Waals surface area contributed by atoms with Crippen molar-refractivity contribution in [1.82, 2.24) is 0 Å². The van der Waals surface area contributed by atoms with Gasteiger partial charge in [0.2, 0.25) is 0 Å². The molecule has 0 aliphatic rings. The molecule has 0 spiro atoms. The maximum Gasteiger partial charge on any atom is 0.348 e. The first-order chi connectivity index (χ1) is 6.20. The summed E-state index contributed by atoms with van der Waals surface area (Å²) in [6.45, 7) is 1.67. The Morgan fingerprint density at radius 3 is 2.62 bits per heavy atom. The summed E-state index contributed by atoms with van der Waals surface area (Å²) in [6.07, 6.45) is 2.98. The van der Waals surface area contributed by atoms with E-state index in [4.69, 9.17) is 0 Å². The van der Waals surface area contributed by atoms with Gasteiger partial charge in [-0.15, -0.1) is 0 Å². The third-order valence-corrected chi connectivity index (χ3v) is 2.01. The largest absolute Gasteiger partial charge is 0.348 e. The van der Waals surface area contributed by atoms with E-state index in [2.05, 4.69) is 4.94 Å². The van der Waals surface area contributed by atoms with Crippen LogP contribution in [0.25, 0.3) is 0 Å². The van der Waals surface area contributed by atoms with E-state index in [1.165, 1.54) is 0 Å². The Kier molecular flexibility index (Phi) is 7.54. The van der Waals surface area contributed by atoms with E-state index in [9.17, 15) is 13.7 Å². The highest BCUT2D eigenvalue weighted by Gasteiger charge is 2.07. The lowest BCUT2D eigenvalue weighted by atomic mass is 9.99. The lowest BCUT2D eigenvalue weighted by molar-refractivity contribution is -0.183. The Hall–Kier alpha value is -0.670. The summed E-state index contributed by atoms with van der Waals surface area (Å²) >= 11 is 0. The van der Waals surface area contributed by atoms with Gasteiger partial charge in [0, 0.05) is 10.9 Å². The Balaban J connectivity index is 3.29. The minimum Gasteiger partial charge on any atom is -0.255 e. The van der Waals surface area contributed by atoms with Crippen LogP contribution in [0, 0.1) is 5.92 Å². The Morgan fingerprint density at radius 1 is 1.38 bits per heavy atom. The van der Waals surface area contributed by atoms with Crippen molar-refractivity contribution >= 4 is 5.97 Å². The highest BCUT2D eigenvalue weighted by atomic mass is 19.3. The SMILES string of the molecule is CC(CCCCF)CCC(=O)OF. The van der Waals surface area contributed by atoms with E-state index in [1.807, 2.05) is 6.92 Å². The molecular formula is C9H16F2O2. The van der Waals surface area contributed by atoms with Crippen LogP contribution in [0.15, 0.2) is 0 Å². The van der Waals surface area contributed by atoms with Crippen molar-refractivity contribution in [2.75, 3.05) is 6.67 Å². The fraction of sp³-hybridized carbons (Fsp3) is 0.889. The molecule has 0 saturated carbocycles. The number of halogens is 2. The highest BCUT2D eigenvalue weighted by Crippen LogP contribution is 2.14. The average Bonchev–Trinajstić information content (AvgIpc) is 2.14. The molecule has 0 radical (unpaired) electrons. The number of alkyl halides is 1. The number of carbonyl (C=O) groups is 1. The van der Waals surface area contributed by atoms with E-state index in [0.29, 0.717) is 18.8 Å². The van der Waals surface area contributed by atoms with E-state index in [-0.39, 0.29) is 13.1 Å². The van der Waals surface area contributed by atoms with Gasteiger partial charge in [-0.1, -0.05) is 19.8 Å². The lowest BCUT2D eigenvalue weighted by Crippen LogP contribution is -2.02. The van der Waals surface area contributed by atoms with Crippen molar-refractivity contribution in [3.05, 3.63) is 0 Å². The molecule has 0 N–H and O–H groups in total. The molecule has 1 unspecified atom stereocenters. The monoisotopic (exact) mass is 194 g/mol. The van der Waals surface area contributed by atoms with Crippen LogP contribution >= 0.6 is 0 Å². The Morgan fingerprint density at radius 2 is 2.08 bits per heavy atom. The van der Waals surface area contributed by atoms with E-state index >= 15 is 0 Å². The average molecular weight is 194 g/mol. The predicted octanol–water partition coefficient (Wildman–Crippen LogP) is 2.97. The zero-order valence-corrected chi connectivity index (χ0v) is 7.89. The van der Waals surface area contributed by atoms with Crippen LogP contribution < -0.4 is 0 Å². The van der Waals surface area contributed by atoms with Gasteiger partial charge in [0.1, 0.15) is 0 Å². The number of carbonyl (C=O) groups excluding carboxylic acids is 1. The molecule has 0 saturated heterocycles. The molecule has 0 aromatic carbocycles. The van der Waals surface area contributed by atoms with Crippen LogP contribution in [-0.2, 0) is 9.74 Å². The minimum atomic E-state index is -0.822. The molecule has 0 amide bonds. The van der Waals surface area contributed by atoms with Gasteiger partial charge in [-0.2, -0.15) is 0 Å². The number of hydrogen-bond donors (Lipinski definition) is 0. The van der Waals surface area contributed by atoms with Crippen molar-refractivity contribution in [1.29, 1.82) is 0 Å². The number of unbranched alkanes of at least 4 members (excludes halogenated alkanes) is 1. The van der Waals surface area contributed by atoms with Crippen molar-refractivity contribution in [2.24, 2.45) is 5.92 Å². The fourth-order valence-corrected chi connectivity index (χ4v) is 1.13. The Labute approximate surface area is 77.2 Å². The maximum absolute atomic E-state index is 11.7. The van der Waals surface area contributed by atoms with Gasteiger partial charge in [-0.05, 0) is 18.8 Å². The molecule has 4 heteroatoms. The molecule has 0 aromatic heterocycles. The van der Waals surface area contributed by atoms with Crippen LogP contribution in [0.3, 0.4) is 0 Å². The van der Waals surface area contributed by atoms with Gasteiger partial charge in [0.15, 0.2) is 0 Å². The normalized spacial score (nSPS) is 12.5. The van der Waals surface area contributed by atoms with E-state index < -0.39 is 5.97 Å². The van der Waals surface area contributed by atoms with Gasteiger partial charge >= 0.3 is 5.97 Å².